The number of fused-ring (bicyclic) bond motifs is 3. The summed E-state index contributed by atoms with van der Waals surface area (Å²) in [6.07, 6.45) is 6.03. The quantitative estimate of drug-likeness (QED) is 0.456. The highest BCUT2D eigenvalue weighted by molar-refractivity contribution is 8.00. The summed E-state index contributed by atoms with van der Waals surface area (Å²) in [7, 11) is 3.34. The number of hydrogen-bond donors (Lipinski definition) is 1. The van der Waals surface area contributed by atoms with E-state index >= 15 is 0 Å². The average Bonchev–Trinajstić information content (AvgIpc) is 3.33. The van der Waals surface area contributed by atoms with Gasteiger partial charge in [-0.3, -0.25) is 14.6 Å². The Hall–Kier alpha value is -3.92. The van der Waals surface area contributed by atoms with Crippen LogP contribution in [0.5, 0.6) is 5.88 Å². The Morgan fingerprint density at radius 2 is 2.11 bits per heavy atom. The molecule has 4 heterocycles. The van der Waals surface area contributed by atoms with Crippen LogP contribution >= 0.6 is 11.8 Å². The summed E-state index contributed by atoms with van der Waals surface area (Å²) in [6, 6.07) is 11.1. The van der Waals surface area contributed by atoms with E-state index in [2.05, 4.69) is 15.3 Å². The van der Waals surface area contributed by atoms with Gasteiger partial charge in [-0.2, -0.15) is 5.10 Å². The predicted octanol–water partition coefficient (Wildman–Crippen LogP) is 3.43. The number of benzene rings is 1. The molecule has 0 bridgehead atoms. The van der Waals surface area contributed by atoms with Gasteiger partial charge in [-0.15, -0.1) is 11.8 Å². The molecule has 0 saturated carbocycles. The molecular weight excluding hydrogens is 476 g/mol. The molecule has 10 heteroatoms. The Balaban J connectivity index is 0.00000280. The highest BCUT2D eigenvalue weighted by atomic mass is 32.2. The van der Waals surface area contributed by atoms with Crippen molar-refractivity contribution >= 4 is 40.3 Å². The lowest BCUT2D eigenvalue weighted by Crippen LogP contribution is -2.39. The number of anilines is 1. The third-order valence-corrected chi connectivity index (χ3v) is 7.76. The summed E-state index contributed by atoms with van der Waals surface area (Å²) in [5, 5.41) is 8.00. The summed E-state index contributed by atoms with van der Waals surface area (Å²) in [5.41, 5.74) is 5.79. The van der Waals surface area contributed by atoms with E-state index in [0.717, 1.165) is 51.4 Å². The van der Waals surface area contributed by atoms with Gasteiger partial charge in [-0.1, -0.05) is 0 Å². The van der Waals surface area contributed by atoms with Crippen LogP contribution in [0.4, 0.5) is 5.69 Å². The molecule has 1 aliphatic heterocycles. The first kappa shape index (κ1) is 22.5. The highest BCUT2D eigenvalue weighted by Gasteiger charge is 2.26. The van der Waals surface area contributed by atoms with E-state index in [0.29, 0.717) is 23.6 Å². The monoisotopic (exact) mass is 502 g/mol. The van der Waals surface area contributed by atoms with Gasteiger partial charge < -0.3 is 15.0 Å². The third-order valence-electron chi connectivity index (χ3n) is 6.71. The second-order valence-electron chi connectivity index (χ2n) is 8.93. The summed E-state index contributed by atoms with van der Waals surface area (Å²) in [4.78, 5) is 36.7. The third kappa shape index (κ3) is 3.97. The molecule has 0 spiro atoms. The van der Waals surface area contributed by atoms with Gasteiger partial charge in [-0.25, -0.2) is 9.67 Å². The fraction of sp³-hybridized carbons (Fsp3) is 0.269. The maximum absolute atomic E-state index is 13.1. The van der Waals surface area contributed by atoms with Gasteiger partial charge in [0.05, 0.1) is 35.4 Å². The fourth-order valence-electron chi connectivity index (χ4n) is 4.73. The molecule has 0 saturated heterocycles. The summed E-state index contributed by atoms with van der Waals surface area (Å²) in [6.45, 7) is 0. The van der Waals surface area contributed by atoms with Crippen molar-refractivity contribution in [2.75, 3.05) is 24.8 Å². The zero-order valence-corrected chi connectivity index (χ0v) is 20.7. The number of ether oxygens (including phenoxy) is 1. The molecule has 6 rings (SSSR count). The van der Waals surface area contributed by atoms with Crippen LogP contribution in [0.1, 0.15) is 29.5 Å². The number of carbonyl (C=O) groups excluding carboxylic acids is 2. The van der Waals surface area contributed by atoms with E-state index < -0.39 is 0 Å². The molecule has 9 nitrogen and oxygen atoms in total. The van der Waals surface area contributed by atoms with E-state index in [1.54, 1.807) is 37.4 Å². The predicted molar refractivity (Wildman–Crippen MR) is 139 cm³/mol. The van der Waals surface area contributed by atoms with Crippen LogP contribution < -0.4 is 15.0 Å². The minimum absolute atomic E-state index is 0. The molecular formula is C26H26N6O3S. The molecule has 0 radical (unpaired) electrons. The van der Waals surface area contributed by atoms with Crippen LogP contribution in [-0.2, 0) is 17.6 Å². The van der Waals surface area contributed by atoms with Gasteiger partial charge in [0.1, 0.15) is 5.52 Å². The summed E-state index contributed by atoms with van der Waals surface area (Å²) < 4.78 is 7.14. The lowest BCUT2D eigenvalue weighted by molar-refractivity contribution is -0.116. The standard InChI is InChI=1S/C26H24N6O3S.H2/c1-31-21-12-15(3-7-22(21)36-14-24(31)33)26(34)28-17-4-5-18-16(11-17)13-32(30-18)20-9-10-27-19-6-8-23(35-2)29-25(19)20;/h3,6-10,12-13,17H,4-5,11,14H2,1-2H3,(H,28,34);1H. The van der Waals surface area contributed by atoms with Crippen molar-refractivity contribution in [3.8, 4) is 11.6 Å². The molecule has 4 aromatic rings. The van der Waals surface area contributed by atoms with Gasteiger partial charge in [0.25, 0.3) is 5.91 Å². The number of nitrogens with zero attached hydrogens (tertiary/aromatic N) is 5. The van der Waals surface area contributed by atoms with Crippen molar-refractivity contribution in [3.63, 3.8) is 0 Å². The number of thioether (sulfide) groups is 1. The van der Waals surface area contributed by atoms with Crippen molar-refractivity contribution in [2.24, 2.45) is 0 Å². The minimum atomic E-state index is -0.133. The first-order valence-corrected chi connectivity index (χ1v) is 12.7. The Labute approximate surface area is 213 Å². The number of aromatic nitrogens is 4. The maximum Gasteiger partial charge on any atom is 0.251 e. The first-order valence-electron chi connectivity index (χ1n) is 11.7. The second kappa shape index (κ2) is 8.94. The highest BCUT2D eigenvalue weighted by Crippen LogP contribution is 2.35. The number of carbonyl (C=O) groups is 2. The number of rotatable bonds is 4. The van der Waals surface area contributed by atoms with E-state index in [1.165, 1.54) is 11.8 Å². The zero-order chi connectivity index (χ0) is 24.8. The molecule has 1 atom stereocenters. The second-order valence-corrected chi connectivity index (χ2v) is 9.95. The SMILES string of the molecule is COc1ccc2nccc(-n3cc4c(n3)CCC(NC(=O)c3ccc5c(c3)N(C)C(=O)CS5)C4)c2n1.[HH]. The van der Waals surface area contributed by atoms with Gasteiger partial charge in [0.15, 0.2) is 0 Å². The van der Waals surface area contributed by atoms with Crippen LogP contribution in [0.2, 0.25) is 0 Å². The molecule has 1 unspecified atom stereocenters. The number of pyridine rings is 2. The summed E-state index contributed by atoms with van der Waals surface area (Å²) in [5.74, 6) is 0.850. The first-order chi connectivity index (χ1) is 17.5. The lowest BCUT2D eigenvalue weighted by atomic mass is 9.93. The topological polar surface area (TPSA) is 102 Å². The van der Waals surface area contributed by atoms with E-state index in [1.807, 2.05) is 35.1 Å². The van der Waals surface area contributed by atoms with Crippen LogP contribution in [0.3, 0.4) is 0 Å². The van der Waals surface area contributed by atoms with E-state index in [9.17, 15) is 9.59 Å². The van der Waals surface area contributed by atoms with Crippen molar-refractivity contribution in [1.29, 1.82) is 0 Å². The average molecular weight is 503 g/mol. The number of aryl methyl sites for hydroxylation is 1. The maximum atomic E-state index is 13.1. The molecule has 2 amide bonds. The Kier molecular flexibility index (Phi) is 5.60. The normalized spacial score (nSPS) is 17.0. The van der Waals surface area contributed by atoms with Crippen molar-refractivity contribution < 1.29 is 15.8 Å². The lowest BCUT2D eigenvalue weighted by Gasteiger charge is -2.26. The Morgan fingerprint density at radius 1 is 1.22 bits per heavy atom. The smallest absolute Gasteiger partial charge is 0.251 e. The van der Waals surface area contributed by atoms with Gasteiger partial charge >= 0.3 is 0 Å². The number of methoxy groups -OCH3 is 1. The fourth-order valence-corrected chi connectivity index (χ4v) is 5.71. The molecule has 184 valence electrons. The molecule has 1 aromatic carbocycles. The summed E-state index contributed by atoms with van der Waals surface area (Å²) >= 11 is 1.50. The molecule has 36 heavy (non-hydrogen) atoms. The molecule has 3 aromatic heterocycles. The molecule has 1 aliphatic carbocycles. The zero-order valence-electron chi connectivity index (χ0n) is 19.9. The van der Waals surface area contributed by atoms with Crippen LogP contribution in [0, 0.1) is 0 Å². The van der Waals surface area contributed by atoms with Crippen molar-refractivity contribution in [3.05, 3.63) is 65.6 Å². The molecule has 0 fully saturated rings. The van der Waals surface area contributed by atoms with Crippen molar-refractivity contribution in [2.45, 2.75) is 30.2 Å². The van der Waals surface area contributed by atoms with E-state index in [4.69, 9.17) is 9.84 Å². The minimum Gasteiger partial charge on any atom is -0.481 e. The Morgan fingerprint density at radius 3 is 2.97 bits per heavy atom. The number of hydrogen-bond acceptors (Lipinski definition) is 7. The van der Waals surface area contributed by atoms with Crippen molar-refractivity contribution in [1.82, 2.24) is 25.1 Å². The Bertz CT molecular complexity index is 1520. The largest absolute Gasteiger partial charge is 0.481 e. The molecule has 2 aliphatic rings. The number of amides is 2. The van der Waals surface area contributed by atoms with Gasteiger partial charge in [0.2, 0.25) is 11.8 Å². The van der Waals surface area contributed by atoms with E-state index in [-0.39, 0.29) is 19.3 Å². The molecule has 1 N–H and O–H groups in total. The van der Waals surface area contributed by atoms with Crippen LogP contribution in [-0.4, -0.2) is 57.5 Å². The van der Waals surface area contributed by atoms with Crippen LogP contribution in [0.15, 0.2) is 53.7 Å². The van der Waals surface area contributed by atoms with Crippen LogP contribution in [0.25, 0.3) is 16.7 Å². The van der Waals surface area contributed by atoms with Gasteiger partial charge in [-0.05, 0) is 55.2 Å². The number of nitrogens with one attached hydrogen (secondary N) is 1. The van der Waals surface area contributed by atoms with Gasteiger partial charge in [0, 0.05) is 43.4 Å².